The number of thioether (sulfide) groups is 1. The van der Waals surface area contributed by atoms with Gasteiger partial charge in [-0.05, 0) is 44.0 Å². The molecule has 0 aromatic carbocycles. The standard InChI is InChI=1S/C13H26N2OS/c1-3-14-9-12(2)10-17-11-13(16)15-7-5-4-6-8-15/h12,14H,3-11H2,1-2H3. The highest BCUT2D eigenvalue weighted by Crippen LogP contribution is 2.13. The number of rotatable bonds is 7. The maximum absolute atomic E-state index is 11.9. The van der Waals surface area contributed by atoms with Crippen LogP contribution in [0.5, 0.6) is 0 Å². The number of hydrogen-bond acceptors (Lipinski definition) is 3. The Morgan fingerprint density at radius 1 is 1.35 bits per heavy atom. The Bertz CT molecular complexity index is 217. The van der Waals surface area contributed by atoms with E-state index in [1.54, 1.807) is 11.8 Å². The third-order valence-corrected chi connectivity index (χ3v) is 4.34. The number of hydrogen-bond donors (Lipinski definition) is 1. The lowest BCUT2D eigenvalue weighted by Crippen LogP contribution is -2.37. The average molecular weight is 258 g/mol. The molecular formula is C13H26N2OS. The zero-order valence-corrected chi connectivity index (χ0v) is 12.0. The van der Waals surface area contributed by atoms with Crippen LogP contribution in [0.15, 0.2) is 0 Å². The van der Waals surface area contributed by atoms with Crippen LogP contribution in [0.25, 0.3) is 0 Å². The molecule has 1 unspecified atom stereocenters. The molecule has 1 saturated heterocycles. The number of likely N-dealkylation sites (tertiary alicyclic amines) is 1. The van der Waals surface area contributed by atoms with Crippen molar-refractivity contribution in [3.05, 3.63) is 0 Å². The van der Waals surface area contributed by atoms with Crippen molar-refractivity contribution in [3.8, 4) is 0 Å². The van der Waals surface area contributed by atoms with Crippen molar-refractivity contribution in [1.82, 2.24) is 10.2 Å². The lowest BCUT2D eigenvalue weighted by atomic mass is 10.1. The van der Waals surface area contributed by atoms with Gasteiger partial charge in [0.2, 0.25) is 5.91 Å². The first-order valence-corrected chi connectivity index (χ1v) is 7.95. The van der Waals surface area contributed by atoms with Gasteiger partial charge >= 0.3 is 0 Å². The van der Waals surface area contributed by atoms with E-state index >= 15 is 0 Å². The molecule has 0 aliphatic carbocycles. The van der Waals surface area contributed by atoms with Gasteiger partial charge in [-0.15, -0.1) is 0 Å². The van der Waals surface area contributed by atoms with E-state index in [4.69, 9.17) is 0 Å². The van der Waals surface area contributed by atoms with Crippen LogP contribution in [0.4, 0.5) is 0 Å². The second-order valence-corrected chi connectivity index (χ2v) is 5.90. The van der Waals surface area contributed by atoms with Crippen LogP contribution in [0.3, 0.4) is 0 Å². The summed E-state index contributed by atoms with van der Waals surface area (Å²) in [5.41, 5.74) is 0. The summed E-state index contributed by atoms with van der Waals surface area (Å²) in [5.74, 6) is 2.72. The Labute approximate surface area is 110 Å². The van der Waals surface area contributed by atoms with Gasteiger partial charge in [0.05, 0.1) is 5.75 Å². The highest BCUT2D eigenvalue weighted by molar-refractivity contribution is 7.99. The van der Waals surface area contributed by atoms with Crippen molar-refractivity contribution < 1.29 is 4.79 Å². The highest BCUT2D eigenvalue weighted by Gasteiger charge is 2.16. The average Bonchev–Trinajstić information content (AvgIpc) is 2.37. The van der Waals surface area contributed by atoms with Crippen molar-refractivity contribution in [2.75, 3.05) is 37.7 Å². The van der Waals surface area contributed by atoms with Gasteiger partial charge < -0.3 is 10.2 Å². The second kappa shape index (κ2) is 8.81. The molecule has 17 heavy (non-hydrogen) atoms. The molecule has 1 aliphatic heterocycles. The van der Waals surface area contributed by atoms with Gasteiger partial charge in [-0.2, -0.15) is 11.8 Å². The summed E-state index contributed by atoms with van der Waals surface area (Å²) in [5, 5.41) is 3.34. The molecule has 4 heteroatoms. The zero-order valence-electron chi connectivity index (χ0n) is 11.2. The van der Waals surface area contributed by atoms with E-state index < -0.39 is 0 Å². The number of carbonyl (C=O) groups excluding carboxylic acids is 1. The van der Waals surface area contributed by atoms with Gasteiger partial charge in [0.1, 0.15) is 0 Å². The Morgan fingerprint density at radius 2 is 2.06 bits per heavy atom. The minimum Gasteiger partial charge on any atom is -0.342 e. The number of amides is 1. The molecule has 0 aromatic heterocycles. The summed E-state index contributed by atoms with van der Waals surface area (Å²) in [4.78, 5) is 13.9. The molecule has 1 heterocycles. The molecular weight excluding hydrogens is 232 g/mol. The molecule has 1 rings (SSSR count). The third kappa shape index (κ3) is 6.32. The van der Waals surface area contributed by atoms with Crippen molar-refractivity contribution in [2.24, 2.45) is 5.92 Å². The topological polar surface area (TPSA) is 32.3 Å². The Balaban J connectivity index is 2.06. The lowest BCUT2D eigenvalue weighted by Gasteiger charge is -2.26. The van der Waals surface area contributed by atoms with Gasteiger partial charge in [0.15, 0.2) is 0 Å². The molecule has 1 amide bonds. The smallest absolute Gasteiger partial charge is 0.232 e. The maximum Gasteiger partial charge on any atom is 0.232 e. The fraction of sp³-hybridized carbons (Fsp3) is 0.923. The van der Waals surface area contributed by atoms with Crippen molar-refractivity contribution in [3.63, 3.8) is 0 Å². The van der Waals surface area contributed by atoms with E-state index in [0.717, 1.165) is 31.9 Å². The maximum atomic E-state index is 11.9. The first-order chi connectivity index (χ1) is 8.24. The number of nitrogens with one attached hydrogen (secondary N) is 1. The van der Waals surface area contributed by atoms with E-state index in [2.05, 4.69) is 19.2 Å². The van der Waals surface area contributed by atoms with Crippen LogP contribution in [-0.2, 0) is 4.79 Å². The molecule has 0 saturated carbocycles. The van der Waals surface area contributed by atoms with E-state index in [1.807, 2.05) is 4.90 Å². The normalized spacial score (nSPS) is 18.1. The monoisotopic (exact) mass is 258 g/mol. The lowest BCUT2D eigenvalue weighted by molar-refractivity contribution is -0.129. The Kier molecular flexibility index (Phi) is 7.69. The highest BCUT2D eigenvalue weighted by atomic mass is 32.2. The first-order valence-electron chi connectivity index (χ1n) is 6.80. The van der Waals surface area contributed by atoms with Gasteiger partial charge in [0, 0.05) is 13.1 Å². The predicted molar refractivity (Wildman–Crippen MR) is 75.5 cm³/mol. The van der Waals surface area contributed by atoms with E-state index in [1.165, 1.54) is 19.3 Å². The first kappa shape index (κ1) is 14.8. The van der Waals surface area contributed by atoms with Gasteiger partial charge in [-0.25, -0.2) is 0 Å². The molecule has 1 atom stereocenters. The minimum atomic E-state index is 0.338. The Morgan fingerprint density at radius 3 is 2.71 bits per heavy atom. The zero-order chi connectivity index (χ0) is 12.5. The largest absolute Gasteiger partial charge is 0.342 e. The molecule has 0 bridgehead atoms. The van der Waals surface area contributed by atoms with Gasteiger partial charge in [-0.3, -0.25) is 4.79 Å². The van der Waals surface area contributed by atoms with E-state index in [9.17, 15) is 4.79 Å². The minimum absolute atomic E-state index is 0.338. The summed E-state index contributed by atoms with van der Waals surface area (Å²) in [6, 6.07) is 0. The van der Waals surface area contributed by atoms with Crippen LogP contribution in [-0.4, -0.2) is 48.5 Å². The molecule has 0 aromatic rings. The number of nitrogens with zero attached hydrogens (tertiary/aromatic N) is 1. The van der Waals surface area contributed by atoms with Crippen LogP contribution < -0.4 is 5.32 Å². The molecule has 0 spiro atoms. The molecule has 1 aliphatic rings. The van der Waals surface area contributed by atoms with Gasteiger partial charge in [0.25, 0.3) is 0 Å². The summed E-state index contributed by atoms with van der Waals surface area (Å²) in [6.07, 6.45) is 3.66. The van der Waals surface area contributed by atoms with Crippen LogP contribution in [0.2, 0.25) is 0 Å². The summed E-state index contributed by atoms with van der Waals surface area (Å²) < 4.78 is 0. The predicted octanol–water partition coefficient (Wildman–Crippen LogP) is 1.98. The quantitative estimate of drug-likeness (QED) is 0.758. The van der Waals surface area contributed by atoms with E-state index in [0.29, 0.717) is 17.6 Å². The molecule has 100 valence electrons. The van der Waals surface area contributed by atoms with Crippen molar-refractivity contribution >= 4 is 17.7 Å². The molecule has 0 radical (unpaired) electrons. The molecule has 3 nitrogen and oxygen atoms in total. The van der Waals surface area contributed by atoms with Crippen LogP contribution in [0.1, 0.15) is 33.1 Å². The molecule has 1 fully saturated rings. The second-order valence-electron chi connectivity index (χ2n) is 4.87. The summed E-state index contributed by atoms with van der Waals surface area (Å²) in [6.45, 7) is 8.41. The van der Waals surface area contributed by atoms with Crippen molar-refractivity contribution in [2.45, 2.75) is 33.1 Å². The fourth-order valence-electron chi connectivity index (χ4n) is 2.03. The molecule has 1 N–H and O–H groups in total. The van der Waals surface area contributed by atoms with Crippen LogP contribution >= 0.6 is 11.8 Å². The SMILES string of the molecule is CCNCC(C)CSCC(=O)N1CCCCC1. The number of carbonyl (C=O) groups is 1. The fourth-order valence-corrected chi connectivity index (χ4v) is 3.03. The van der Waals surface area contributed by atoms with Crippen molar-refractivity contribution in [1.29, 1.82) is 0 Å². The number of piperidine rings is 1. The van der Waals surface area contributed by atoms with E-state index in [-0.39, 0.29) is 0 Å². The summed E-state index contributed by atoms with van der Waals surface area (Å²) >= 11 is 1.78. The Hall–Kier alpha value is -0.220. The third-order valence-electron chi connectivity index (χ3n) is 3.08. The summed E-state index contributed by atoms with van der Waals surface area (Å²) in [7, 11) is 0. The van der Waals surface area contributed by atoms with Crippen LogP contribution in [0, 0.1) is 5.92 Å². The van der Waals surface area contributed by atoms with Gasteiger partial charge in [-0.1, -0.05) is 13.8 Å².